The molecule has 156 valence electrons. The van der Waals surface area contributed by atoms with Gasteiger partial charge >= 0.3 is 5.97 Å². The highest BCUT2D eigenvalue weighted by atomic mass is 19.1. The first kappa shape index (κ1) is 21.4. The molecule has 0 amide bonds. The van der Waals surface area contributed by atoms with Crippen LogP contribution in [0.2, 0.25) is 0 Å². The molecule has 0 aliphatic heterocycles. The standard InChI is InChI=1S/C23H16FNO6/c1-30-18-11-12-19(21(26)13-8-15-4-2-3-5-20(15)24)22(14-18)31-23(27)16-6-9-17(10-7-16)25(28)29/h2-14H,1H3. The molecule has 0 aliphatic rings. The lowest BCUT2D eigenvalue weighted by molar-refractivity contribution is -0.384. The van der Waals surface area contributed by atoms with Crippen molar-refractivity contribution in [3.63, 3.8) is 0 Å². The number of hydrogen-bond acceptors (Lipinski definition) is 6. The molecular formula is C23H16FNO6. The minimum Gasteiger partial charge on any atom is -0.497 e. The van der Waals surface area contributed by atoms with Gasteiger partial charge in [-0.3, -0.25) is 14.9 Å². The summed E-state index contributed by atoms with van der Waals surface area (Å²) in [4.78, 5) is 35.3. The molecule has 0 aromatic heterocycles. The van der Waals surface area contributed by atoms with Crippen molar-refractivity contribution in [2.75, 3.05) is 7.11 Å². The maximum Gasteiger partial charge on any atom is 0.343 e. The molecule has 7 nitrogen and oxygen atoms in total. The number of hydrogen-bond donors (Lipinski definition) is 0. The first-order valence-corrected chi connectivity index (χ1v) is 9.00. The number of esters is 1. The number of nitro groups is 1. The Bertz CT molecular complexity index is 1170. The van der Waals surface area contributed by atoms with E-state index in [9.17, 15) is 24.1 Å². The number of non-ortho nitro benzene ring substituents is 1. The van der Waals surface area contributed by atoms with Gasteiger partial charge in [0, 0.05) is 23.8 Å². The van der Waals surface area contributed by atoms with Crippen LogP contribution in [-0.4, -0.2) is 23.8 Å². The van der Waals surface area contributed by atoms with E-state index in [4.69, 9.17) is 9.47 Å². The summed E-state index contributed by atoms with van der Waals surface area (Å²) in [7, 11) is 1.41. The first-order valence-electron chi connectivity index (χ1n) is 9.00. The van der Waals surface area contributed by atoms with E-state index in [1.807, 2.05) is 0 Å². The van der Waals surface area contributed by atoms with E-state index >= 15 is 0 Å². The second-order valence-corrected chi connectivity index (χ2v) is 6.27. The van der Waals surface area contributed by atoms with E-state index in [1.54, 1.807) is 6.07 Å². The summed E-state index contributed by atoms with van der Waals surface area (Å²) in [5.74, 6) is -1.52. The fourth-order valence-corrected chi connectivity index (χ4v) is 2.66. The smallest absolute Gasteiger partial charge is 0.343 e. The summed E-state index contributed by atoms with van der Waals surface area (Å²) >= 11 is 0. The van der Waals surface area contributed by atoms with Gasteiger partial charge in [-0.25, -0.2) is 9.18 Å². The normalized spacial score (nSPS) is 10.6. The maximum atomic E-state index is 13.8. The Hall–Kier alpha value is -4.33. The molecule has 3 rings (SSSR count). The van der Waals surface area contributed by atoms with E-state index in [-0.39, 0.29) is 28.1 Å². The zero-order valence-corrected chi connectivity index (χ0v) is 16.3. The van der Waals surface area contributed by atoms with Crippen LogP contribution < -0.4 is 9.47 Å². The van der Waals surface area contributed by atoms with Crippen molar-refractivity contribution >= 4 is 23.5 Å². The lowest BCUT2D eigenvalue weighted by atomic mass is 10.1. The molecule has 0 heterocycles. The molecule has 0 spiro atoms. The number of rotatable bonds is 7. The third-order valence-electron chi connectivity index (χ3n) is 4.29. The highest BCUT2D eigenvalue weighted by Gasteiger charge is 2.17. The van der Waals surface area contributed by atoms with Gasteiger partial charge in [0.2, 0.25) is 0 Å². The topological polar surface area (TPSA) is 95.7 Å². The molecule has 3 aromatic carbocycles. The van der Waals surface area contributed by atoms with Crippen LogP contribution in [0.15, 0.2) is 72.8 Å². The summed E-state index contributed by atoms with van der Waals surface area (Å²) in [5, 5.41) is 10.8. The van der Waals surface area contributed by atoms with Crippen molar-refractivity contribution in [1.29, 1.82) is 0 Å². The van der Waals surface area contributed by atoms with Crippen molar-refractivity contribution in [3.05, 3.63) is 105 Å². The molecule has 0 atom stereocenters. The number of ketones is 1. The lowest BCUT2D eigenvalue weighted by Crippen LogP contribution is -2.11. The summed E-state index contributed by atoms with van der Waals surface area (Å²) in [5.41, 5.74) is 0.179. The van der Waals surface area contributed by atoms with Crippen LogP contribution in [0.1, 0.15) is 26.3 Å². The SMILES string of the molecule is COc1ccc(C(=O)C=Cc2ccccc2F)c(OC(=O)c2ccc([N+](=O)[O-])cc2)c1. The zero-order chi connectivity index (χ0) is 22.4. The molecule has 0 aliphatic carbocycles. The van der Waals surface area contributed by atoms with E-state index < -0.39 is 22.5 Å². The average molecular weight is 421 g/mol. The van der Waals surface area contributed by atoms with Crippen LogP contribution in [0, 0.1) is 15.9 Å². The number of nitrogens with zero attached hydrogens (tertiary/aromatic N) is 1. The minimum atomic E-state index is -0.810. The summed E-state index contributed by atoms with van der Waals surface area (Å²) < 4.78 is 24.2. The minimum absolute atomic E-state index is 0.0589. The van der Waals surface area contributed by atoms with Crippen LogP contribution >= 0.6 is 0 Å². The van der Waals surface area contributed by atoms with Gasteiger partial charge in [-0.2, -0.15) is 0 Å². The third-order valence-corrected chi connectivity index (χ3v) is 4.29. The van der Waals surface area contributed by atoms with Gasteiger partial charge in [-0.15, -0.1) is 0 Å². The van der Waals surface area contributed by atoms with Gasteiger partial charge in [-0.1, -0.05) is 18.2 Å². The molecule has 0 fully saturated rings. The molecule has 0 unspecified atom stereocenters. The number of benzene rings is 3. The first-order chi connectivity index (χ1) is 14.9. The van der Waals surface area contributed by atoms with Gasteiger partial charge in [-0.05, 0) is 42.5 Å². The zero-order valence-electron chi connectivity index (χ0n) is 16.3. The molecule has 0 radical (unpaired) electrons. The van der Waals surface area contributed by atoms with Gasteiger partial charge in [0.15, 0.2) is 5.78 Å². The monoisotopic (exact) mass is 421 g/mol. The van der Waals surface area contributed by atoms with Gasteiger partial charge in [0.05, 0.1) is 23.2 Å². The Morgan fingerprint density at radius 3 is 2.39 bits per heavy atom. The molecule has 0 saturated carbocycles. The fourth-order valence-electron chi connectivity index (χ4n) is 2.66. The average Bonchev–Trinajstić information content (AvgIpc) is 2.78. The second-order valence-electron chi connectivity index (χ2n) is 6.27. The van der Waals surface area contributed by atoms with Crippen LogP contribution in [0.5, 0.6) is 11.5 Å². The molecule has 31 heavy (non-hydrogen) atoms. The number of methoxy groups -OCH3 is 1. The van der Waals surface area contributed by atoms with Gasteiger partial charge in [0.1, 0.15) is 17.3 Å². The van der Waals surface area contributed by atoms with Crippen LogP contribution in [0.25, 0.3) is 6.08 Å². The van der Waals surface area contributed by atoms with Crippen LogP contribution in [0.3, 0.4) is 0 Å². The Balaban J connectivity index is 1.87. The van der Waals surface area contributed by atoms with E-state index in [2.05, 4.69) is 0 Å². The largest absolute Gasteiger partial charge is 0.497 e. The quantitative estimate of drug-likeness (QED) is 0.135. The predicted molar refractivity (Wildman–Crippen MR) is 111 cm³/mol. The molecule has 0 N–H and O–H groups in total. The second kappa shape index (κ2) is 9.45. The number of ether oxygens (including phenoxy) is 2. The van der Waals surface area contributed by atoms with Crippen molar-refractivity contribution in [2.45, 2.75) is 0 Å². The summed E-state index contributed by atoms with van der Waals surface area (Å²) in [6.07, 6.45) is 2.49. The van der Waals surface area contributed by atoms with Crippen molar-refractivity contribution in [3.8, 4) is 11.5 Å². The van der Waals surface area contributed by atoms with Crippen molar-refractivity contribution in [1.82, 2.24) is 0 Å². The summed E-state index contributed by atoms with van der Waals surface area (Å²) in [6, 6.07) is 15.1. The molecule has 0 saturated heterocycles. The van der Waals surface area contributed by atoms with Gasteiger partial charge < -0.3 is 9.47 Å². The number of nitro benzene ring substituents is 1. The Labute approximate surface area is 176 Å². The summed E-state index contributed by atoms with van der Waals surface area (Å²) in [6.45, 7) is 0. The number of allylic oxidation sites excluding steroid dienone is 1. The highest BCUT2D eigenvalue weighted by molar-refractivity contribution is 6.09. The number of carbonyl (C=O) groups excluding carboxylic acids is 2. The maximum absolute atomic E-state index is 13.8. The van der Waals surface area contributed by atoms with E-state index in [0.717, 1.165) is 0 Å². The Morgan fingerprint density at radius 1 is 1.03 bits per heavy atom. The van der Waals surface area contributed by atoms with E-state index in [1.165, 1.54) is 79.9 Å². The lowest BCUT2D eigenvalue weighted by Gasteiger charge is -2.10. The molecule has 0 bridgehead atoms. The third kappa shape index (κ3) is 5.18. The predicted octanol–water partition coefficient (Wildman–Crippen LogP) is 4.86. The van der Waals surface area contributed by atoms with Crippen LogP contribution in [0.4, 0.5) is 10.1 Å². The molecular weight excluding hydrogens is 405 g/mol. The Morgan fingerprint density at radius 2 is 1.74 bits per heavy atom. The number of halogens is 1. The Kier molecular flexibility index (Phi) is 6.51. The van der Waals surface area contributed by atoms with Gasteiger partial charge in [0.25, 0.3) is 5.69 Å². The molecule has 3 aromatic rings. The van der Waals surface area contributed by atoms with Crippen molar-refractivity contribution in [2.24, 2.45) is 0 Å². The van der Waals surface area contributed by atoms with E-state index in [0.29, 0.717) is 5.75 Å². The van der Waals surface area contributed by atoms with Crippen LogP contribution in [-0.2, 0) is 0 Å². The highest BCUT2D eigenvalue weighted by Crippen LogP contribution is 2.27. The molecule has 8 heteroatoms. The fraction of sp³-hybridized carbons (Fsp3) is 0.0435. The number of carbonyl (C=O) groups is 2. The van der Waals surface area contributed by atoms with Crippen molar-refractivity contribution < 1.29 is 28.4 Å².